The first-order valence-electron chi connectivity index (χ1n) is 7.71. The largest absolute Gasteiger partial charge is 0.396 e. The normalized spacial score (nSPS) is 12.0. The van der Waals surface area contributed by atoms with E-state index in [4.69, 9.17) is 5.73 Å². The lowest BCUT2D eigenvalue weighted by atomic mass is 9.79. The Kier molecular flexibility index (Phi) is 9.67. The van der Waals surface area contributed by atoms with Gasteiger partial charge in [-0.3, -0.25) is 4.99 Å². The van der Waals surface area contributed by atoms with Gasteiger partial charge in [0.05, 0.1) is 0 Å². The predicted octanol–water partition coefficient (Wildman–Crippen LogP) is 3.84. The molecule has 0 aliphatic carbocycles. The molecule has 0 unspecified atom stereocenters. The fraction of sp³-hybridized carbons (Fsp3) is 0.588. The Bertz CT molecular complexity index is 465. The highest BCUT2D eigenvalue weighted by atomic mass is 127. The van der Waals surface area contributed by atoms with Crippen molar-refractivity contribution in [1.82, 2.24) is 0 Å². The summed E-state index contributed by atoms with van der Waals surface area (Å²) >= 11 is 0. The van der Waals surface area contributed by atoms with Gasteiger partial charge >= 0.3 is 0 Å². The molecule has 0 aliphatic heterocycles. The second-order valence-corrected chi connectivity index (χ2v) is 5.88. The van der Waals surface area contributed by atoms with E-state index < -0.39 is 0 Å². The van der Waals surface area contributed by atoms with Crippen LogP contribution in [0.3, 0.4) is 0 Å². The Hall–Kier alpha value is -0.820. The van der Waals surface area contributed by atoms with Crippen LogP contribution >= 0.6 is 24.0 Å². The monoisotopic (exact) mass is 419 g/mol. The van der Waals surface area contributed by atoms with Crippen molar-refractivity contribution >= 4 is 35.6 Å². The summed E-state index contributed by atoms with van der Waals surface area (Å²) in [6.45, 7) is 9.24. The number of halogens is 1. The van der Waals surface area contributed by atoms with E-state index in [2.05, 4.69) is 56.2 Å². The van der Waals surface area contributed by atoms with Gasteiger partial charge in [-0.1, -0.05) is 19.9 Å². The minimum Gasteiger partial charge on any atom is -0.396 e. The van der Waals surface area contributed by atoms with Crippen LogP contribution in [-0.4, -0.2) is 24.2 Å². The third-order valence-corrected chi connectivity index (χ3v) is 4.22. The molecule has 0 aliphatic rings. The molecule has 0 atom stereocenters. The van der Waals surface area contributed by atoms with Gasteiger partial charge in [-0.05, 0) is 61.8 Å². The first kappa shape index (κ1) is 21.2. The highest BCUT2D eigenvalue weighted by Crippen LogP contribution is 2.30. The zero-order chi connectivity index (χ0) is 15.9. The lowest BCUT2D eigenvalue weighted by molar-refractivity contribution is 0.175. The maximum Gasteiger partial charge on any atom is 0.193 e. The van der Waals surface area contributed by atoms with E-state index in [1.165, 1.54) is 11.1 Å². The van der Waals surface area contributed by atoms with Crippen molar-refractivity contribution in [3.8, 4) is 0 Å². The zero-order valence-electron chi connectivity index (χ0n) is 14.1. The van der Waals surface area contributed by atoms with Crippen LogP contribution in [0.1, 0.15) is 44.2 Å². The van der Waals surface area contributed by atoms with Crippen LogP contribution in [-0.2, 0) is 0 Å². The van der Waals surface area contributed by atoms with Gasteiger partial charge < -0.3 is 16.2 Å². The number of guanidine groups is 1. The molecule has 1 aromatic carbocycles. The maximum atomic E-state index is 9.23. The maximum absolute atomic E-state index is 9.23. The number of hydrogen-bond acceptors (Lipinski definition) is 2. The minimum atomic E-state index is 0. The number of nitrogens with two attached hydrogens (primary N) is 1. The van der Waals surface area contributed by atoms with Crippen molar-refractivity contribution in [2.45, 2.75) is 47.0 Å². The SMILES string of the molecule is CCC(CC)(CCO)CN=C(N)Nc1cc(C)cc(C)c1.I. The van der Waals surface area contributed by atoms with Gasteiger partial charge in [0.2, 0.25) is 0 Å². The predicted molar refractivity (Wildman–Crippen MR) is 106 cm³/mol. The number of aliphatic imine (C=N–C) groups is 1. The zero-order valence-corrected chi connectivity index (χ0v) is 16.5. The number of benzene rings is 1. The summed E-state index contributed by atoms with van der Waals surface area (Å²) in [4.78, 5) is 4.48. The summed E-state index contributed by atoms with van der Waals surface area (Å²) in [6.07, 6.45) is 2.75. The summed E-state index contributed by atoms with van der Waals surface area (Å²) in [5, 5.41) is 12.4. The average Bonchev–Trinajstić information content (AvgIpc) is 2.42. The molecule has 1 aromatic rings. The van der Waals surface area contributed by atoms with Crippen molar-refractivity contribution in [3.63, 3.8) is 0 Å². The van der Waals surface area contributed by atoms with Crippen molar-refractivity contribution in [2.75, 3.05) is 18.5 Å². The van der Waals surface area contributed by atoms with Gasteiger partial charge in [0.1, 0.15) is 0 Å². The number of aryl methyl sites for hydroxylation is 2. The van der Waals surface area contributed by atoms with Crippen LogP contribution in [0.15, 0.2) is 23.2 Å². The molecule has 22 heavy (non-hydrogen) atoms. The molecule has 126 valence electrons. The van der Waals surface area contributed by atoms with E-state index in [-0.39, 0.29) is 36.0 Å². The fourth-order valence-electron chi connectivity index (χ4n) is 2.63. The van der Waals surface area contributed by atoms with Crippen LogP contribution in [0.4, 0.5) is 5.69 Å². The lowest BCUT2D eigenvalue weighted by Crippen LogP contribution is -2.29. The van der Waals surface area contributed by atoms with Crippen LogP contribution in [0.5, 0.6) is 0 Å². The quantitative estimate of drug-likeness (QED) is 0.357. The molecule has 0 fully saturated rings. The van der Waals surface area contributed by atoms with Crippen molar-refractivity contribution in [1.29, 1.82) is 0 Å². The smallest absolute Gasteiger partial charge is 0.193 e. The van der Waals surface area contributed by atoms with Crippen molar-refractivity contribution in [2.24, 2.45) is 16.1 Å². The van der Waals surface area contributed by atoms with Gasteiger partial charge in [-0.25, -0.2) is 0 Å². The molecule has 4 N–H and O–H groups in total. The first-order valence-corrected chi connectivity index (χ1v) is 7.71. The molecule has 1 rings (SSSR count). The number of rotatable bonds is 7. The lowest BCUT2D eigenvalue weighted by Gasteiger charge is -2.29. The van der Waals surface area contributed by atoms with Crippen LogP contribution < -0.4 is 11.1 Å². The number of anilines is 1. The van der Waals surface area contributed by atoms with Gasteiger partial charge in [0.15, 0.2) is 5.96 Å². The van der Waals surface area contributed by atoms with E-state index in [1.54, 1.807) is 0 Å². The fourth-order valence-corrected chi connectivity index (χ4v) is 2.63. The van der Waals surface area contributed by atoms with E-state index >= 15 is 0 Å². The third kappa shape index (κ3) is 6.52. The number of hydrogen-bond donors (Lipinski definition) is 3. The number of aliphatic hydroxyl groups excluding tert-OH is 1. The van der Waals surface area contributed by atoms with Crippen LogP contribution in [0.25, 0.3) is 0 Å². The van der Waals surface area contributed by atoms with Crippen LogP contribution in [0, 0.1) is 19.3 Å². The minimum absolute atomic E-state index is 0. The summed E-state index contributed by atoms with van der Waals surface area (Å²) in [6, 6.07) is 6.23. The van der Waals surface area contributed by atoms with Crippen LogP contribution in [0.2, 0.25) is 0 Å². The molecule has 0 saturated heterocycles. The Morgan fingerprint density at radius 2 is 1.73 bits per heavy atom. The first-order chi connectivity index (χ1) is 9.94. The number of nitrogens with one attached hydrogen (secondary N) is 1. The summed E-state index contributed by atoms with van der Waals surface area (Å²) < 4.78 is 0. The highest BCUT2D eigenvalue weighted by Gasteiger charge is 2.25. The van der Waals surface area contributed by atoms with Gasteiger partial charge in [0, 0.05) is 18.8 Å². The molecule has 0 saturated carbocycles. The molecule has 5 heteroatoms. The standard InChI is InChI=1S/C17H29N3O.HI/c1-5-17(6-2,7-8-21)12-19-16(18)20-15-10-13(3)9-14(4)11-15;/h9-11,21H,5-8,12H2,1-4H3,(H3,18,19,20);1H. The molecular formula is C17H30IN3O. The molecule has 0 heterocycles. The van der Waals surface area contributed by atoms with Crippen molar-refractivity contribution < 1.29 is 5.11 Å². The second-order valence-electron chi connectivity index (χ2n) is 5.88. The van der Waals surface area contributed by atoms with Gasteiger partial charge in [-0.2, -0.15) is 0 Å². The molecule has 0 aromatic heterocycles. The van der Waals surface area contributed by atoms with E-state index in [1.807, 2.05) is 0 Å². The Labute approximate surface area is 151 Å². The topological polar surface area (TPSA) is 70.6 Å². The van der Waals surface area contributed by atoms with E-state index in [0.29, 0.717) is 12.5 Å². The summed E-state index contributed by atoms with van der Waals surface area (Å²) in [5.74, 6) is 0.434. The van der Waals surface area contributed by atoms with Gasteiger partial charge in [0.25, 0.3) is 0 Å². The Morgan fingerprint density at radius 1 is 1.18 bits per heavy atom. The highest BCUT2D eigenvalue weighted by molar-refractivity contribution is 14.0. The molecular weight excluding hydrogens is 389 g/mol. The molecule has 0 amide bonds. The number of aliphatic hydroxyl groups is 1. The molecule has 0 spiro atoms. The summed E-state index contributed by atoms with van der Waals surface area (Å²) in [5.41, 5.74) is 9.40. The van der Waals surface area contributed by atoms with E-state index in [9.17, 15) is 5.11 Å². The summed E-state index contributed by atoms with van der Waals surface area (Å²) in [7, 11) is 0. The molecule has 0 radical (unpaired) electrons. The average molecular weight is 419 g/mol. The van der Waals surface area contributed by atoms with E-state index in [0.717, 1.165) is 24.9 Å². The molecule has 0 bridgehead atoms. The van der Waals surface area contributed by atoms with Crippen molar-refractivity contribution in [3.05, 3.63) is 29.3 Å². The Balaban J connectivity index is 0.00000441. The third-order valence-electron chi connectivity index (χ3n) is 4.22. The Morgan fingerprint density at radius 3 is 2.18 bits per heavy atom. The second kappa shape index (κ2) is 10.0. The number of nitrogens with zero attached hydrogens (tertiary/aromatic N) is 1. The van der Waals surface area contributed by atoms with Gasteiger partial charge in [-0.15, -0.1) is 24.0 Å². The molecule has 4 nitrogen and oxygen atoms in total.